The van der Waals surface area contributed by atoms with Crippen molar-refractivity contribution in [2.75, 3.05) is 6.54 Å². The molecule has 1 aromatic carbocycles. The number of benzene rings is 1. The van der Waals surface area contributed by atoms with Crippen LogP contribution >= 0.6 is 15.9 Å². The van der Waals surface area contributed by atoms with Crippen LogP contribution in [0.5, 0.6) is 0 Å². The zero-order valence-electron chi connectivity index (χ0n) is 10.5. The van der Waals surface area contributed by atoms with Crippen LogP contribution in [0.3, 0.4) is 0 Å². The highest BCUT2D eigenvalue weighted by molar-refractivity contribution is 9.10. The van der Waals surface area contributed by atoms with Crippen molar-refractivity contribution in [2.45, 2.75) is 32.2 Å². The largest absolute Gasteiger partial charge is 0.312 e. The Hall–Kier alpha value is -0.410. The van der Waals surface area contributed by atoms with Gasteiger partial charge in [-0.3, -0.25) is 0 Å². The summed E-state index contributed by atoms with van der Waals surface area (Å²) in [5.74, 6) is 2.65. The first-order valence-corrected chi connectivity index (χ1v) is 7.66. The number of hydrogen-bond donors (Lipinski definition) is 1. The van der Waals surface area contributed by atoms with Gasteiger partial charge in [0, 0.05) is 16.6 Å². The molecule has 0 radical (unpaired) electrons. The van der Waals surface area contributed by atoms with Gasteiger partial charge in [-0.15, -0.1) is 0 Å². The summed E-state index contributed by atoms with van der Waals surface area (Å²) in [7, 11) is 0. The first kappa shape index (κ1) is 12.6. The number of nitrogens with one attached hydrogen (secondary N) is 1. The monoisotopic (exact) mass is 311 g/mol. The summed E-state index contributed by atoms with van der Waals surface area (Å²) in [6.07, 6.45) is 5.70. The molecule has 2 aliphatic rings. The molecule has 0 saturated heterocycles. The second-order valence-electron chi connectivity index (χ2n) is 5.80. The van der Waals surface area contributed by atoms with E-state index in [1.807, 2.05) is 12.1 Å². The third-order valence-electron chi connectivity index (χ3n) is 4.62. The molecule has 0 amide bonds. The zero-order valence-corrected chi connectivity index (χ0v) is 12.0. The van der Waals surface area contributed by atoms with Gasteiger partial charge in [0.2, 0.25) is 0 Å². The Bertz CT molecular complexity index is 435. The van der Waals surface area contributed by atoms with Crippen molar-refractivity contribution in [1.82, 2.24) is 5.32 Å². The third kappa shape index (κ3) is 2.62. The van der Waals surface area contributed by atoms with Crippen LogP contribution in [-0.2, 0) is 6.54 Å². The minimum Gasteiger partial charge on any atom is -0.312 e. The van der Waals surface area contributed by atoms with Gasteiger partial charge < -0.3 is 5.32 Å². The van der Waals surface area contributed by atoms with Crippen molar-refractivity contribution in [3.63, 3.8) is 0 Å². The molecule has 1 nitrogen and oxygen atoms in total. The molecule has 3 rings (SSSR count). The minimum atomic E-state index is -0.121. The maximum atomic E-state index is 13.6. The molecule has 0 heterocycles. The van der Waals surface area contributed by atoms with Crippen molar-refractivity contribution in [3.8, 4) is 0 Å². The molecular formula is C15H19BrFN. The molecule has 0 aliphatic heterocycles. The molecule has 1 aromatic rings. The number of fused-ring (bicyclic) bond motifs is 2. The van der Waals surface area contributed by atoms with Gasteiger partial charge in [0.05, 0.1) is 0 Å². The number of hydrogen-bond acceptors (Lipinski definition) is 1. The van der Waals surface area contributed by atoms with Crippen LogP contribution in [0, 0.1) is 23.6 Å². The maximum absolute atomic E-state index is 13.6. The first-order chi connectivity index (χ1) is 8.72. The van der Waals surface area contributed by atoms with Crippen LogP contribution in [0.1, 0.15) is 31.2 Å². The quantitative estimate of drug-likeness (QED) is 0.882. The lowest BCUT2D eigenvalue weighted by molar-refractivity contribution is 0.318. The van der Waals surface area contributed by atoms with Crippen LogP contribution < -0.4 is 5.32 Å². The molecule has 18 heavy (non-hydrogen) atoms. The fraction of sp³-hybridized carbons (Fsp3) is 0.600. The van der Waals surface area contributed by atoms with E-state index in [0.717, 1.165) is 34.3 Å². The zero-order chi connectivity index (χ0) is 12.5. The van der Waals surface area contributed by atoms with Crippen molar-refractivity contribution >= 4 is 15.9 Å². The molecular weight excluding hydrogens is 293 g/mol. The molecule has 0 aromatic heterocycles. The van der Waals surface area contributed by atoms with Gasteiger partial charge in [0.15, 0.2) is 0 Å². The van der Waals surface area contributed by atoms with Gasteiger partial charge >= 0.3 is 0 Å². The smallest absolute Gasteiger partial charge is 0.128 e. The van der Waals surface area contributed by atoms with E-state index in [2.05, 4.69) is 21.2 Å². The highest BCUT2D eigenvalue weighted by Gasteiger charge is 2.38. The molecule has 3 heteroatoms. The van der Waals surface area contributed by atoms with Gasteiger partial charge in [0.25, 0.3) is 0 Å². The van der Waals surface area contributed by atoms with E-state index < -0.39 is 0 Å². The average molecular weight is 312 g/mol. The second kappa shape index (κ2) is 5.30. The molecule has 3 unspecified atom stereocenters. The molecule has 98 valence electrons. The van der Waals surface area contributed by atoms with E-state index in [1.54, 1.807) is 0 Å². The lowest BCUT2D eigenvalue weighted by Crippen LogP contribution is -2.26. The van der Waals surface area contributed by atoms with E-state index in [9.17, 15) is 4.39 Å². The minimum absolute atomic E-state index is 0.121. The summed E-state index contributed by atoms with van der Waals surface area (Å²) in [5, 5.41) is 3.43. The van der Waals surface area contributed by atoms with E-state index in [0.29, 0.717) is 6.54 Å². The second-order valence-corrected chi connectivity index (χ2v) is 6.72. The van der Waals surface area contributed by atoms with Crippen molar-refractivity contribution < 1.29 is 4.39 Å². The van der Waals surface area contributed by atoms with Gasteiger partial charge in [0.1, 0.15) is 5.82 Å². The standard InChI is InChI=1S/C15H19BrFN/c16-14-4-3-12(15(17)7-14)8-18-9-13-6-10-1-2-11(13)5-10/h3-4,7,10-11,13,18H,1-2,5-6,8-9H2. The van der Waals surface area contributed by atoms with Crippen LogP contribution in [-0.4, -0.2) is 6.54 Å². The van der Waals surface area contributed by atoms with Crippen molar-refractivity contribution in [1.29, 1.82) is 0 Å². The fourth-order valence-corrected chi connectivity index (χ4v) is 4.02. The summed E-state index contributed by atoms with van der Waals surface area (Å²) < 4.78 is 14.4. The van der Waals surface area contributed by atoms with E-state index in [-0.39, 0.29) is 5.82 Å². The summed E-state index contributed by atoms with van der Waals surface area (Å²) in [6, 6.07) is 5.29. The lowest BCUT2D eigenvalue weighted by Gasteiger charge is -2.22. The van der Waals surface area contributed by atoms with Gasteiger partial charge in [-0.1, -0.05) is 28.4 Å². The average Bonchev–Trinajstić information content (AvgIpc) is 2.94. The SMILES string of the molecule is Fc1cc(Br)ccc1CNCC1CC2CCC1C2. The normalized spacial score (nSPS) is 30.0. The summed E-state index contributed by atoms with van der Waals surface area (Å²) in [5.41, 5.74) is 0.765. The predicted molar refractivity (Wildman–Crippen MR) is 74.7 cm³/mol. The number of halogens is 2. The van der Waals surface area contributed by atoms with Crippen LogP contribution in [0.4, 0.5) is 4.39 Å². The Labute approximate surface area is 116 Å². The Kier molecular flexibility index (Phi) is 3.71. The van der Waals surface area contributed by atoms with Gasteiger partial charge in [-0.2, -0.15) is 0 Å². The van der Waals surface area contributed by atoms with Gasteiger partial charge in [-0.05, 0) is 55.7 Å². The molecule has 2 saturated carbocycles. The molecule has 2 aliphatic carbocycles. The Balaban J connectivity index is 1.50. The highest BCUT2D eigenvalue weighted by atomic mass is 79.9. The van der Waals surface area contributed by atoms with Gasteiger partial charge in [-0.25, -0.2) is 4.39 Å². The number of rotatable bonds is 4. The molecule has 2 fully saturated rings. The topological polar surface area (TPSA) is 12.0 Å². The lowest BCUT2D eigenvalue weighted by atomic mass is 9.89. The van der Waals surface area contributed by atoms with E-state index in [4.69, 9.17) is 0 Å². The maximum Gasteiger partial charge on any atom is 0.128 e. The predicted octanol–water partition coefficient (Wildman–Crippen LogP) is 4.11. The molecule has 2 bridgehead atoms. The first-order valence-electron chi connectivity index (χ1n) is 6.87. The van der Waals surface area contributed by atoms with Crippen LogP contribution in [0.25, 0.3) is 0 Å². The summed E-state index contributed by atoms with van der Waals surface area (Å²) >= 11 is 3.28. The Morgan fingerprint density at radius 3 is 2.83 bits per heavy atom. The Morgan fingerprint density at radius 2 is 2.17 bits per heavy atom. The molecule has 1 N–H and O–H groups in total. The highest BCUT2D eigenvalue weighted by Crippen LogP contribution is 2.47. The summed E-state index contributed by atoms with van der Waals surface area (Å²) in [6.45, 7) is 1.70. The molecule has 0 spiro atoms. The molecule has 3 atom stereocenters. The third-order valence-corrected chi connectivity index (χ3v) is 5.11. The fourth-order valence-electron chi connectivity index (χ4n) is 3.68. The van der Waals surface area contributed by atoms with Crippen molar-refractivity contribution in [3.05, 3.63) is 34.1 Å². The van der Waals surface area contributed by atoms with Crippen LogP contribution in [0.2, 0.25) is 0 Å². The van der Waals surface area contributed by atoms with Crippen molar-refractivity contribution in [2.24, 2.45) is 17.8 Å². The summed E-state index contributed by atoms with van der Waals surface area (Å²) in [4.78, 5) is 0. The van der Waals surface area contributed by atoms with Crippen LogP contribution in [0.15, 0.2) is 22.7 Å². The Morgan fingerprint density at radius 1 is 1.28 bits per heavy atom. The van der Waals surface area contributed by atoms with E-state index >= 15 is 0 Å². The van der Waals surface area contributed by atoms with E-state index in [1.165, 1.54) is 31.7 Å².